The Labute approximate surface area is 467 Å². The normalized spacial score (nSPS) is 21.6. The smallest absolute Gasteiger partial charge is 0.307 e. The molecule has 0 N–H and O–H groups in total. The maximum absolute atomic E-state index is 14.0. The predicted molar refractivity (Wildman–Crippen MR) is 294 cm³/mol. The van der Waals surface area contributed by atoms with E-state index in [-0.39, 0.29) is 42.9 Å². The van der Waals surface area contributed by atoms with Crippen molar-refractivity contribution in [1.29, 1.82) is 0 Å². The van der Waals surface area contributed by atoms with Crippen LogP contribution >= 0.6 is 0 Å². The van der Waals surface area contributed by atoms with E-state index in [9.17, 15) is 19.2 Å². The molecule has 2 amide bonds. The Hall–Kier alpha value is -10.4. The molecule has 0 aromatic carbocycles. The Kier molecular flexibility index (Phi) is 23.7. The summed E-state index contributed by atoms with van der Waals surface area (Å²) in [5.41, 5.74) is 86.4. The molecule has 0 radical (unpaired) electrons. The first-order valence-corrected chi connectivity index (χ1v) is 26.5. The molecule has 0 heterocycles. The van der Waals surface area contributed by atoms with E-state index < -0.39 is 23.8 Å². The SMILES string of the molecule is C=C=C=C=C=C=C=C=C=C=C=C=C=C=C=C=C=C=C=C=C=C=C=C=C=C=C=C=C=C=C=C=C=C=C=C(N(CCC(=O)OCC1CC2CC1C1CCCC21)C(=O)C(=C)C)N(CCC(=O)OCC1CC2CC1C1CCCC21)C(=O)C(=C)C. The van der Waals surface area contributed by atoms with Crippen LogP contribution in [0.2, 0.25) is 0 Å². The number of esters is 2. The lowest BCUT2D eigenvalue weighted by molar-refractivity contribution is -0.147. The van der Waals surface area contributed by atoms with Gasteiger partial charge in [0, 0.05) is 116 Å². The highest BCUT2D eigenvalue weighted by Gasteiger charge is 2.55. The van der Waals surface area contributed by atoms with E-state index in [1.54, 1.807) is 0 Å². The van der Waals surface area contributed by atoms with Crippen LogP contribution in [-0.2, 0) is 28.7 Å². The molecule has 10 atom stereocenters. The van der Waals surface area contributed by atoms with Gasteiger partial charge in [-0.1, -0.05) is 31.7 Å². The molecule has 8 nitrogen and oxygen atoms in total. The van der Waals surface area contributed by atoms with Gasteiger partial charge in [0.05, 0.1) is 26.1 Å². The number of hydrogen-bond donors (Lipinski definition) is 0. The third-order valence-corrected chi connectivity index (χ3v) is 15.1. The molecule has 6 saturated carbocycles. The second kappa shape index (κ2) is 32.3. The van der Waals surface area contributed by atoms with E-state index in [1.165, 1.54) is 75.0 Å². The zero-order chi connectivity index (χ0) is 56.7. The lowest BCUT2D eigenvalue weighted by atomic mass is 9.76. The molecule has 0 aromatic rings. The molecule has 6 aliphatic rings. The number of carbonyl (C=O) groups excluding carboxylic acids is 4. The first kappa shape index (κ1) is 58.9. The van der Waals surface area contributed by atoms with Crippen LogP contribution in [-0.4, -0.2) is 59.9 Å². The van der Waals surface area contributed by atoms with Gasteiger partial charge in [0.1, 0.15) is 0 Å². The van der Waals surface area contributed by atoms with Gasteiger partial charge in [0.15, 0.2) is 5.82 Å². The van der Waals surface area contributed by atoms with E-state index in [0.717, 1.165) is 48.3 Å². The first-order chi connectivity index (χ1) is 39.1. The fraction of sp³-hybridized carbons (Fsp3) is 0.389. The molecule has 10 unspecified atom stereocenters. The summed E-state index contributed by atoms with van der Waals surface area (Å²) in [6.45, 7) is 14.5. The zero-order valence-corrected chi connectivity index (χ0v) is 45.1. The minimum atomic E-state index is -0.575. The lowest BCUT2D eigenvalue weighted by Crippen LogP contribution is -2.44. The fourth-order valence-corrected chi connectivity index (χ4v) is 12.2. The molecule has 0 aliphatic heterocycles. The third-order valence-electron chi connectivity index (χ3n) is 15.1. The van der Waals surface area contributed by atoms with Crippen molar-refractivity contribution in [3.8, 4) is 0 Å². The van der Waals surface area contributed by atoms with Gasteiger partial charge in [0.25, 0.3) is 11.8 Å². The van der Waals surface area contributed by atoms with Gasteiger partial charge in [-0.3, -0.25) is 29.0 Å². The van der Waals surface area contributed by atoms with Crippen molar-refractivity contribution in [3.05, 3.63) is 232 Å². The number of fused-ring (bicyclic) bond motifs is 10. The van der Waals surface area contributed by atoms with E-state index in [2.05, 4.69) is 215 Å². The summed E-state index contributed by atoms with van der Waals surface area (Å²) >= 11 is 0. The predicted octanol–water partition coefficient (Wildman–Crippen LogP) is 11.6. The number of rotatable bonds is 14. The highest BCUT2D eigenvalue weighted by molar-refractivity contribution is 5.96. The Balaban J connectivity index is 1.23. The van der Waals surface area contributed by atoms with E-state index >= 15 is 0 Å². The summed E-state index contributed by atoms with van der Waals surface area (Å²) in [6.07, 6.45) is 12.0. The van der Waals surface area contributed by atoms with Gasteiger partial charge in [-0.05, 0) is 228 Å². The highest BCUT2D eigenvalue weighted by atomic mass is 16.5. The van der Waals surface area contributed by atoms with Gasteiger partial charge < -0.3 is 9.47 Å². The van der Waals surface area contributed by atoms with Crippen LogP contribution in [0.25, 0.3) is 0 Å². The van der Waals surface area contributed by atoms with Crippen molar-refractivity contribution in [2.75, 3.05) is 26.3 Å². The summed E-state index contributed by atoms with van der Waals surface area (Å²) in [7, 11) is 0. The van der Waals surface area contributed by atoms with Crippen molar-refractivity contribution in [2.24, 2.45) is 59.2 Å². The maximum Gasteiger partial charge on any atom is 0.307 e. The zero-order valence-electron chi connectivity index (χ0n) is 45.1. The molecule has 6 rings (SSSR count). The average molecular weight is 1040 g/mol. The van der Waals surface area contributed by atoms with E-state index in [4.69, 9.17) is 9.47 Å². The van der Waals surface area contributed by atoms with E-state index in [1.807, 2.05) is 0 Å². The topological polar surface area (TPSA) is 93.2 Å². The minimum absolute atomic E-state index is 0.0962. The maximum atomic E-state index is 14.0. The van der Waals surface area contributed by atoms with Crippen LogP contribution in [0.5, 0.6) is 0 Å². The molecule has 80 heavy (non-hydrogen) atoms. The van der Waals surface area contributed by atoms with E-state index in [0.29, 0.717) is 36.9 Å². The largest absolute Gasteiger partial charge is 0.465 e. The Bertz CT molecular complexity index is 3940. The summed E-state index contributed by atoms with van der Waals surface area (Å²) in [4.78, 5) is 57.2. The number of amides is 2. The monoisotopic (exact) mass is 1040 g/mol. The summed E-state index contributed by atoms with van der Waals surface area (Å²) in [6, 6.07) is 0. The first-order valence-electron chi connectivity index (χ1n) is 26.5. The third kappa shape index (κ3) is 18.1. The number of nitrogens with zero attached hydrogens (tertiary/aromatic N) is 2. The van der Waals surface area contributed by atoms with Crippen LogP contribution in [0.4, 0.5) is 0 Å². The highest BCUT2D eigenvalue weighted by Crippen LogP contribution is 2.62. The average Bonchev–Trinajstić information content (AvgIpc) is 4.35. The molecule has 388 valence electrons. The van der Waals surface area contributed by atoms with Crippen LogP contribution < -0.4 is 0 Å². The molecule has 8 heteroatoms. The minimum Gasteiger partial charge on any atom is -0.465 e. The standard InChI is InChI=1S/C72H54N2O6/c1-6-7-8-9-10-11-12-13-14-15-16-17-18-19-20-21-22-23-24-25-26-27-28-29-30-31-32-33-34-35-36-37-38-45-68(73(71(77)56(2)3)48-46-69(75)79-54-60-50-58-52-66(60)64-43-39-41-62(58)64)74(72(78)57(4)5)49-47-70(76)80-55-61-51-59-53-67(61)65-44-40-42-63(59)65/h58-67H,1-2,4,39-44,46-55H2,3,5H3. The van der Waals surface area contributed by atoms with Crippen molar-refractivity contribution in [3.63, 3.8) is 0 Å². The molecular formula is C72H54N2O6. The number of ether oxygens (including phenoxy) is 2. The molecule has 0 saturated heterocycles. The second-order valence-corrected chi connectivity index (χ2v) is 19.8. The quantitative estimate of drug-likeness (QED) is 0.0977. The molecule has 4 bridgehead atoms. The van der Waals surface area contributed by atoms with Crippen LogP contribution in [0.15, 0.2) is 232 Å². The summed E-state index contributed by atoms with van der Waals surface area (Å²) in [5, 5.41) is 0. The second-order valence-electron chi connectivity index (χ2n) is 19.8. The van der Waals surface area contributed by atoms with Gasteiger partial charge in [-0.15, -0.1) is 0 Å². The van der Waals surface area contributed by atoms with Crippen LogP contribution in [0.3, 0.4) is 0 Å². The van der Waals surface area contributed by atoms with Crippen molar-refractivity contribution >= 4 is 23.8 Å². The Morgan fingerprint density at radius 1 is 0.400 bits per heavy atom. The number of hydrogen-bond acceptors (Lipinski definition) is 6. The number of carbonyl (C=O) groups is 4. The fourth-order valence-electron chi connectivity index (χ4n) is 12.2. The lowest BCUT2D eigenvalue weighted by Gasteiger charge is -2.32. The summed E-state index contributed by atoms with van der Waals surface area (Å²) < 4.78 is 11.7. The van der Waals surface area contributed by atoms with Gasteiger partial charge in [-0.25, -0.2) is 0 Å². The molecule has 6 aliphatic carbocycles. The van der Waals surface area contributed by atoms with Gasteiger partial charge in [0.2, 0.25) is 0 Å². The molecular weight excluding hydrogens is 989 g/mol. The van der Waals surface area contributed by atoms with Crippen molar-refractivity contribution in [1.82, 2.24) is 9.80 Å². The summed E-state index contributed by atoms with van der Waals surface area (Å²) in [5.74, 6) is 4.25. The molecule has 6 fully saturated rings. The Morgan fingerprint density at radius 2 is 0.688 bits per heavy atom. The molecule has 0 aromatic heterocycles. The van der Waals surface area contributed by atoms with Crippen molar-refractivity contribution < 1.29 is 28.7 Å². The molecule has 0 spiro atoms. The van der Waals surface area contributed by atoms with Gasteiger partial charge >= 0.3 is 11.9 Å². The van der Waals surface area contributed by atoms with Gasteiger partial charge in [-0.2, -0.15) is 0 Å². The Morgan fingerprint density at radius 3 is 0.988 bits per heavy atom. The van der Waals surface area contributed by atoms with Crippen LogP contribution in [0.1, 0.15) is 90.9 Å². The van der Waals surface area contributed by atoms with Crippen molar-refractivity contribution in [2.45, 2.75) is 90.9 Å². The van der Waals surface area contributed by atoms with Crippen LogP contribution in [0, 0.1) is 59.2 Å².